The lowest BCUT2D eigenvalue weighted by Crippen LogP contribution is -2.55. The molecule has 3 aliphatic rings. The zero-order valence-electron chi connectivity index (χ0n) is 16.7. The van der Waals surface area contributed by atoms with Crippen LogP contribution >= 0.6 is 0 Å². The number of piperidine rings is 2. The smallest absolute Gasteiger partial charge is 0.222 e. The topological polar surface area (TPSA) is 69.8 Å². The monoisotopic (exact) mass is 375 g/mol. The van der Waals surface area contributed by atoms with E-state index in [1.807, 2.05) is 13.8 Å². The van der Waals surface area contributed by atoms with E-state index in [1.54, 1.807) is 0 Å². The molecule has 4 rings (SSSR count). The summed E-state index contributed by atoms with van der Waals surface area (Å²) in [4.78, 5) is 17.3. The van der Waals surface area contributed by atoms with Gasteiger partial charge in [-0.3, -0.25) is 9.69 Å². The third kappa shape index (κ3) is 3.92. The summed E-state index contributed by atoms with van der Waals surface area (Å²) in [6.07, 6.45) is 7.49. The van der Waals surface area contributed by atoms with Gasteiger partial charge in [-0.1, -0.05) is 5.16 Å². The SMILES string of the molecule is Cc1noc(C)c1CN1CCC2(CCC(=O)N(C3CCC(O)CC3)C2)CC1. The highest BCUT2D eigenvalue weighted by Gasteiger charge is 2.43. The number of carbonyl (C=O) groups excluding carboxylic acids is 1. The third-order valence-corrected chi connectivity index (χ3v) is 7.28. The van der Waals surface area contributed by atoms with Crippen LogP contribution < -0.4 is 0 Å². The Morgan fingerprint density at radius 3 is 2.48 bits per heavy atom. The molecule has 1 spiro atoms. The molecule has 1 saturated carbocycles. The van der Waals surface area contributed by atoms with Crippen molar-refractivity contribution >= 4 is 5.91 Å². The first kappa shape index (κ1) is 18.9. The van der Waals surface area contributed by atoms with Gasteiger partial charge in [0.05, 0.1) is 11.8 Å². The zero-order chi connectivity index (χ0) is 19.0. The zero-order valence-corrected chi connectivity index (χ0v) is 16.7. The summed E-state index contributed by atoms with van der Waals surface area (Å²) in [7, 11) is 0. The molecular weight excluding hydrogens is 342 g/mol. The second kappa shape index (κ2) is 7.55. The van der Waals surface area contributed by atoms with Crippen molar-refractivity contribution < 1.29 is 14.4 Å². The first-order valence-corrected chi connectivity index (χ1v) is 10.6. The van der Waals surface area contributed by atoms with Crippen molar-refractivity contribution in [3.63, 3.8) is 0 Å². The molecule has 0 aromatic carbocycles. The Labute approximate surface area is 161 Å². The number of aromatic nitrogens is 1. The first-order chi connectivity index (χ1) is 13.0. The van der Waals surface area contributed by atoms with Crippen LogP contribution in [0.4, 0.5) is 0 Å². The Morgan fingerprint density at radius 1 is 1.15 bits per heavy atom. The maximum Gasteiger partial charge on any atom is 0.222 e. The summed E-state index contributed by atoms with van der Waals surface area (Å²) < 4.78 is 5.31. The lowest BCUT2D eigenvalue weighted by atomic mass is 9.71. The molecule has 6 heteroatoms. The molecule has 2 aliphatic heterocycles. The Morgan fingerprint density at radius 2 is 1.85 bits per heavy atom. The van der Waals surface area contributed by atoms with Crippen LogP contribution in [-0.4, -0.2) is 57.8 Å². The number of hydrogen-bond acceptors (Lipinski definition) is 5. The predicted octanol–water partition coefficient (Wildman–Crippen LogP) is 2.80. The molecule has 0 radical (unpaired) electrons. The van der Waals surface area contributed by atoms with Crippen LogP contribution in [0.1, 0.15) is 68.4 Å². The van der Waals surface area contributed by atoms with E-state index in [2.05, 4.69) is 15.0 Å². The minimum absolute atomic E-state index is 0.164. The lowest BCUT2D eigenvalue weighted by Gasteiger charge is -2.50. The van der Waals surface area contributed by atoms with Crippen LogP contribution in [0.5, 0.6) is 0 Å². The van der Waals surface area contributed by atoms with Crippen molar-refractivity contribution in [2.24, 2.45) is 5.41 Å². The Kier molecular flexibility index (Phi) is 5.30. The summed E-state index contributed by atoms with van der Waals surface area (Å²) in [5.74, 6) is 1.27. The van der Waals surface area contributed by atoms with Crippen LogP contribution in [0, 0.1) is 19.3 Å². The second-order valence-electron chi connectivity index (χ2n) is 9.06. The average Bonchev–Trinajstić information content (AvgIpc) is 2.98. The van der Waals surface area contributed by atoms with Crippen LogP contribution in [-0.2, 0) is 11.3 Å². The van der Waals surface area contributed by atoms with Crippen LogP contribution in [0.15, 0.2) is 4.52 Å². The number of nitrogens with zero attached hydrogens (tertiary/aromatic N) is 3. The number of rotatable bonds is 3. The van der Waals surface area contributed by atoms with Crippen LogP contribution in [0.3, 0.4) is 0 Å². The molecule has 0 bridgehead atoms. The number of carbonyl (C=O) groups is 1. The molecule has 1 aliphatic carbocycles. The maximum atomic E-state index is 12.6. The van der Waals surface area contributed by atoms with Gasteiger partial charge in [-0.05, 0) is 77.3 Å². The number of aliphatic hydroxyl groups is 1. The normalized spacial score (nSPS) is 29.4. The summed E-state index contributed by atoms with van der Waals surface area (Å²) in [6, 6.07) is 0.346. The molecule has 3 heterocycles. The van der Waals surface area contributed by atoms with E-state index in [0.29, 0.717) is 23.8 Å². The van der Waals surface area contributed by atoms with Crippen molar-refractivity contribution in [1.82, 2.24) is 15.0 Å². The van der Waals surface area contributed by atoms with Crippen LogP contribution in [0.25, 0.3) is 0 Å². The van der Waals surface area contributed by atoms with E-state index in [9.17, 15) is 9.90 Å². The quantitative estimate of drug-likeness (QED) is 0.880. The molecule has 1 amide bonds. The maximum absolute atomic E-state index is 12.6. The van der Waals surface area contributed by atoms with Gasteiger partial charge in [-0.2, -0.15) is 0 Å². The van der Waals surface area contributed by atoms with Crippen molar-refractivity contribution in [2.45, 2.75) is 83.9 Å². The molecular formula is C21H33N3O3. The van der Waals surface area contributed by atoms with E-state index in [0.717, 1.165) is 82.6 Å². The fraction of sp³-hybridized carbons (Fsp3) is 0.810. The largest absolute Gasteiger partial charge is 0.393 e. The van der Waals surface area contributed by atoms with Gasteiger partial charge in [-0.25, -0.2) is 0 Å². The number of aliphatic hydroxyl groups excluding tert-OH is 1. The summed E-state index contributed by atoms with van der Waals surface area (Å²) >= 11 is 0. The van der Waals surface area contributed by atoms with Gasteiger partial charge in [-0.15, -0.1) is 0 Å². The van der Waals surface area contributed by atoms with E-state index in [4.69, 9.17) is 4.52 Å². The van der Waals surface area contributed by atoms with Gasteiger partial charge in [0.1, 0.15) is 5.76 Å². The van der Waals surface area contributed by atoms with E-state index >= 15 is 0 Å². The Balaban J connectivity index is 1.36. The second-order valence-corrected chi connectivity index (χ2v) is 9.06. The van der Waals surface area contributed by atoms with Crippen molar-refractivity contribution in [2.75, 3.05) is 19.6 Å². The van der Waals surface area contributed by atoms with Crippen molar-refractivity contribution in [3.05, 3.63) is 17.0 Å². The van der Waals surface area contributed by atoms with E-state index in [-0.39, 0.29) is 6.10 Å². The minimum atomic E-state index is -0.164. The molecule has 3 fully saturated rings. The molecule has 150 valence electrons. The Hall–Kier alpha value is -1.40. The molecule has 27 heavy (non-hydrogen) atoms. The summed E-state index contributed by atoms with van der Waals surface area (Å²) in [5.41, 5.74) is 2.52. The molecule has 6 nitrogen and oxygen atoms in total. The van der Waals surface area contributed by atoms with E-state index < -0.39 is 0 Å². The fourth-order valence-corrected chi connectivity index (χ4v) is 5.29. The van der Waals surface area contributed by atoms with Gasteiger partial charge in [0.2, 0.25) is 5.91 Å². The summed E-state index contributed by atoms with van der Waals surface area (Å²) in [6.45, 7) is 8.01. The van der Waals surface area contributed by atoms with Crippen molar-refractivity contribution in [3.8, 4) is 0 Å². The highest BCUT2D eigenvalue weighted by Crippen LogP contribution is 2.42. The number of likely N-dealkylation sites (tertiary alicyclic amines) is 2. The third-order valence-electron chi connectivity index (χ3n) is 7.28. The highest BCUT2D eigenvalue weighted by molar-refractivity contribution is 5.77. The summed E-state index contributed by atoms with van der Waals surface area (Å²) in [5, 5.41) is 13.9. The van der Waals surface area contributed by atoms with Gasteiger partial charge in [0.25, 0.3) is 0 Å². The van der Waals surface area contributed by atoms with Crippen molar-refractivity contribution in [1.29, 1.82) is 0 Å². The Bertz CT molecular complexity index is 651. The lowest BCUT2D eigenvalue weighted by molar-refractivity contribution is -0.143. The molecule has 1 aromatic rings. The molecule has 0 unspecified atom stereocenters. The number of amides is 1. The highest BCUT2D eigenvalue weighted by atomic mass is 16.5. The van der Waals surface area contributed by atoms with E-state index in [1.165, 1.54) is 5.56 Å². The number of aryl methyl sites for hydroxylation is 2. The molecule has 0 atom stereocenters. The first-order valence-electron chi connectivity index (χ1n) is 10.6. The van der Waals surface area contributed by atoms with Gasteiger partial charge in [0.15, 0.2) is 0 Å². The fourth-order valence-electron chi connectivity index (χ4n) is 5.29. The average molecular weight is 376 g/mol. The van der Waals surface area contributed by atoms with Gasteiger partial charge < -0.3 is 14.5 Å². The molecule has 2 saturated heterocycles. The van der Waals surface area contributed by atoms with Gasteiger partial charge in [0, 0.05) is 31.1 Å². The molecule has 1 aromatic heterocycles. The minimum Gasteiger partial charge on any atom is -0.393 e. The molecule has 1 N–H and O–H groups in total. The number of hydrogen-bond donors (Lipinski definition) is 1. The van der Waals surface area contributed by atoms with Crippen LogP contribution in [0.2, 0.25) is 0 Å². The van der Waals surface area contributed by atoms with Gasteiger partial charge >= 0.3 is 0 Å². The standard InChI is InChI=1S/C21H33N3O3/c1-15-19(16(2)27-22-15)13-23-11-9-21(10-12-23)8-7-20(26)24(14-21)17-3-5-18(25)6-4-17/h17-18,25H,3-14H2,1-2H3. The predicted molar refractivity (Wildman–Crippen MR) is 102 cm³/mol.